The molecule has 1 heterocycles. The molecule has 0 spiro atoms. The van der Waals surface area contributed by atoms with E-state index in [1.54, 1.807) is 37.3 Å². The molecule has 9 heteroatoms. The van der Waals surface area contributed by atoms with Crippen molar-refractivity contribution in [3.05, 3.63) is 99.6 Å². The van der Waals surface area contributed by atoms with Crippen molar-refractivity contribution in [3.63, 3.8) is 0 Å². The number of esters is 1. The van der Waals surface area contributed by atoms with Crippen LogP contribution in [0.25, 0.3) is 0 Å². The Kier molecular flexibility index (Phi) is 7.50. The van der Waals surface area contributed by atoms with Gasteiger partial charge in [-0.3, -0.25) is 24.1 Å². The number of halogens is 1. The van der Waals surface area contributed by atoms with Crippen molar-refractivity contribution in [2.24, 2.45) is 0 Å². The van der Waals surface area contributed by atoms with Gasteiger partial charge in [-0.05, 0) is 49.7 Å². The molecule has 0 fully saturated rings. The van der Waals surface area contributed by atoms with Gasteiger partial charge in [0.05, 0.1) is 22.4 Å². The lowest BCUT2D eigenvalue weighted by atomic mass is 10.0. The highest BCUT2D eigenvalue weighted by Gasteiger charge is 2.38. The van der Waals surface area contributed by atoms with Crippen LogP contribution >= 0.6 is 11.6 Å². The Morgan fingerprint density at radius 3 is 2.32 bits per heavy atom. The number of carbonyl (C=O) groups excluding carboxylic acids is 5. The third-order valence-corrected chi connectivity index (χ3v) is 6.29. The Morgan fingerprint density at radius 2 is 1.62 bits per heavy atom. The third kappa shape index (κ3) is 5.29. The fraction of sp³-hybridized carbons (Fsp3) is 0.179. The summed E-state index contributed by atoms with van der Waals surface area (Å²) in [4.78, 5) is 64.5. The van der Waals surface area contributed by atoms with Crippen molar-refractivity contribution in [1.29, 1.82) is 0 Å². The maximum Gasteiger partial charge on any atom is 0.338 e. The zero-order valence-corrected chi connectivity index (χ0v) is 20.9. The van der Waals surface area contributed by atoms with E-state index in [1.165, 1.54) is 41.3 Å². The molecule has 0 aromatic heterocycles. The molecule has 8 nitrogen and oxygen atoms in total. The van der Waals surface area contributed by atoms with Crippen LogP contribution in [-0.2, 0) is 9.53 Å². The Labute approximate surface area is 218 Å². The number of nitrogens with zero attached hydrogens (tertiary/aromatic N) is 1. The van der Waals surface area contributed by atoms with Crippen LogP contribution in [0.1, 0.15) is 67.3 Å². The minimum atomic E-state index is -0.836. The van der Waals surface area contributed by atoms with Gasteiger partial charge in [0.1, 0.15) is 0 Å². The van der Waals surface area contributed by atoms with Gasteiger partial charge in [-0.2, -0.15) is 0 Å². The molecule has 37 heavy (non-hydrogen) atoms. The summed E-state index contributed by atoms with van der Waals surface area (Å²) in [7, 11) is 0. The molecular formula is C28H23ClN2O6. The van der Waals surface area contributed by atoms with Gasteiger partial charge >= 0.3 is 5.97 Å². The molecule has 3 aromatic rings. The topological polar surface area (TPSA) is 110 Å². The van der Waals surface area contributed by atoms with E-state index >= 15 is 0 Å². The van der Waals surface area contributed by atoms with Gasteiger partial charge in [-0.25, -0.2) is 4.79 Å². The smallest absolute Gasteiger partial charge is 0.338 e. The van der Waals surface area contributed by atoms with Crippen LogP contribution < -0.4 is 5.32 Å². The van der Waals surface area contributed by atoms with Crippen molar-refractivity contribution in [3.8, 4) is 0 Å². The fourth-order valence-electron chi connectivity index (χ4n) is 3.93. The molecule has 1 unspecified atom stereocenters. The fourth-order valence-corrected chi connectivity index (χ4v) is 4.10. The standard InChI is InChI=1S/C28H23ClN2O6/c1-3-16(2)31-26(34)20-11-9-18(13-21(20)27(31)35)28(36)37-15-24(32)30-23-12-10-19(29)14-22(23)25(33)17-7-5-4-6-8-17/h4-14,16H,3,15H2,1-2H3,(H,30,32). The quantitative estimate of drug-likeness (QED) is 0.261. The Morgan fingerprint density at radius 1 is 0.919 bits per heavy atom. The van der Waals surface area contributed by atoms with Crippen molar-refractivity contribution >= 4 is 46.8 Å². The van der Waals surface area contributed by atoms with Crippen molar-refractivity contribution < 1.29 is 28.7 Å². The van der Waals surface area contributed by atoms with E-state index in [0.717, 1.165) is 0 Å². The Balaban J connectivity index is 1.44. The SMILES string of the molecule is CCC(C)N1C(=O)c2ccc(C(=O)OCC(=O)Nc3ccc(Cl)cc3C(=O)c3ccccc3)cc2C1=O. The highest BCUT2D eigenvalue weighted by molar-refractivity contribution is 6.31. The van der Waals surface area contributed by atoms with Gasteiger partial charge in [0.25, 0.3) is 17.7 Å². The van der Waals surface area contributed by atoms with E-state index in [4.69, 9.17) is 16.3 Å². The maximum atomic E-state index is 12.9. The zero-order chi connectivity index (χ0) is 26.7. The van der Waals surface area contributed by atoms with Crippen molar-refractivity contribution in [2.75, 3.05) is 11.9 Å². The predicted octanol–water partition coefficient (Wildman–Crippen LogP) is 4.76. The molecule has 0 saturated heterocycles. The van der Waals surface area contributed by atoms with Crippen LogP contribution in [-0.4, -0.2) is 47.0 Å². The normalized spacial score (nSPS) is 13.2. The minimum Gasteiger partial charge on any atom is -0.452 e. The van der Waals surface area contributed by atoms with E-state index in [-0.39, 0.29) is 39.8 Å². The molecule has 1 aliphatic rings. The third-order valence-electron chi connectivity index (χ3n) is 6.06. The second-order valence-corrected chi connectivity index (χ2v) is 8.94. The summed E-state index contributed by atoms with van der Waals surface area (Å²) in [5.74, 6) is -2.72. The first-order valence-electron chi connectivity index (χ1n) is 11.6. The molecule has 188 valence electrons. The monoisotopic (exact) mass is 518 g/mol. The number of hydrogen-bond acceptors (Lipinski definition) is 6. The van der Waals surface area contributed by atoms with Crippen LogP contribution in [0.4, 0.5) is 5.69 Å². The highest BCUT2D eigenvalue weighted by Crippen LogP contribution is 2.27. The van der Waals surface area contributed by atoms with E-state index in [9.17, 15) is 24.0 Å². The van der Waals surface area contributed by atoms with E-state index < -0.39 is 30.3 Å². The molecule has 1 atom stereocenters. The second kappa shape index (κ2) is 10.8. The second-order valence-electron chi connectivity index (χ2n) is 8.51. The highest BCUT2D eigenvalue weighted by atomic mass is 35.5. The summed E-state index contributed by atoms with van der Waals surface area (Å²) < 4.78 is 5.12. The van der Waals surface area contributed by atoms with E-state index in [0.29, 0.717) is 17.0 Å². The summed E-state index contributed by atoms with van der Waals surface area (Å²) in [5, 5.41) is 2.89. The summed E-state index contributed by atoms with van der Waals surface area (Å²) in [6.45, 7) is 3.00. The first-order chi connectivity index (χ1) is 17.7. The number of nitrogens with one attached hydrogen (secondary N) is 1. The summed E-state index contributed by atoms with van der Waals surface area (Å²) in [5.41, 5.74) is 1.19. The van der Waals surface area contributed by atoms with E-state index in [1.807, 2.05) is 6.92 Å². The van der Waals surface area contributed by atoms with Crippen molar-refractivity contribution in [2.45, 2.75) is 26.3 Å². The molecule has 0 bridgehead atoms. The number of benzene rings is 3. The van der Waals surface area contributed by atoms with Gasteiger partial charge in [0, 0.05) is 22.2 Å². The summed E-state index contributed by atoms with van der Waals surface area (Å²) in [6.07, 6.45) is 0.599. The number of ketones is 1. The molecular weight excluding hydrogens is 496 g/mol. The number of hydrogen-bond donors (Lipinski definition) is 1. The van der Waals surface area contributed by atoms with Crippen LogP contribution in [0.3, 0.4) is 0 Å². The Hall–Kier alpha value is -4.30. The number of imide groups is 1. The van der Waals surface area contributed by atoms with E-state index in [2.05, 4.69) is 5.32 Å². The average molecular weight is 519 g/mol. The zero-order valence-electron chi connectivity index (χ0n) is 20.1. The summed E-state index contributed by atoms with van der Waals surface area (Å²) >= 11 is 6.07. The maximum absolute atomic E-state index is 12.9. The number of carbonyl (C=O) groups is 5. The molecule has 3 aromatic carbocycles. The molecule has 1 aliphatic heterocycles. The lowest BCUT2D eigenvalue weighted by Crippen LogP contribution is -2.37. The largest absolute Gasteiger partial charge is 0.452 e. The molecule has 0 saturated carbocycles. The van der Waals surface area contributed by atoms with Crippen LogP contribution in [0.2, 0.25) is 5.02 Å². The molecule has 4 rings (SSSR count). The molecule has 0 radical (unpaired) electrons. The number of fused-ring (bicyclic) bond motifs is 1. The van der Waals surface area contributed by atoms with Crippen LogP contribution in [0, 0.1) is 0 Å². The van der Waals surface area contributed by atoms with Gasteiger partial charge in [0.2, 0.25) is 0 Å². The van der Waals surface area contributed by atoms with Gasteiger partial charge in [-0.1, -0.05) is 48.9 Å². The Bertz CT molecular complexity index is 1420. The van der Waals surface area contributed by atoms with Crippen molar-refractivity contribution in [1.82, 2.24) is 4.90 Å². The number of amides is 3. The van der Waals surface area contributed by atoms with Gasteiger partial charge in [-0.15, -0.1) is 0 Å². The number of rotatable bonds is 8. The first kappa shape index (κ1) is 25.8. The molecule has 3 amide bonds. The number of anilines is 1. The summed E-state index contributed by atoms with van der Waals surface area (Å²) in [6, 6.07) is 16.8. The number of ether oxygens (including phenoxy) is 1. The lowest BCUT2D eigenvalue weighted by molar-refractivity contribution is -0.119. The average Bonchev–Trinajstić information content (AvgIpc) is 3.16. The minimum absolute atomic E-state index is 0.0325. The lowest BCUT2D eigenvalue weighted by Gasteiger charge is -2.20. The van der Waals surface area contributed by atoms with Crippen LogP contribution in [0.15, 0.2) is 66.7 Å². The molecule has 1 N–H and O–H groups in total. The predicted molar refractivity (Wildman–Crippen MR) is 137 cm³/mol. The van der Waals surface area contributed by atoms with Gasteiger partial charge in [0.15, 0.2) is 12.4 Å². The van der Waals surface area contributed by atoms with Gasteiger partial charge < -0.3 is 10.1 Å². The van der Waals surface area contributed by atoms with Crippen LogP contribution in [0.5, 0.6) is 0 Å². The molecule has 0 aliphatic carbocycles. The first-order valence-corrected chi connectivity index (χ1v) is 12.0.